The largest absolute Gasteiger partial charge is 0.478 e. The second-order valence-electron chi connectivity index (χ2n) is 13.6. The van der Waals surface area contributed by atoms with Crippen LogP contribution >= 0.6 is 11.3 Å². The Morgan fingerprint density at radius 3 is 2.43 bits per heavy atom. The minimum atomic E-state index is -1.96. The van der Waals surface area contributed by atoms with E-state index in [0.29, 0.717) is 17.2 Å². The number of rotatable bonds is 11. The Morgan fingerprint density at radius 2 is 1.80 bits per heavy atom. The zero-order valence-corrected chi connectivity index (χ0v) is 30.3. The number of carbonyl (C=O) groups is 3. The van der Waals surface area contributed by atoms with Crippen LogP contribution in [0.2, 0.25) is 0 Å². The van der Waals surface area contributed by atoms with Gasteiger partial charge in [-0.1, -0.05) is 13.8 Å². The summed E-state index contributed by atoms with van der Waals surface area (Å²) in [6.07, 6.45) is 6.82. The molecule has 4 aromatic rings. The third kappa shape index (κ3) is 7.78. The molecule has 0 bridgehead atoms. The standard InChI is InChI=1S/C34H42F2N8O6S/c1-8-49-22-11-9-21(10-12-22)43-17-24(28(41-43)27-23(35)13-14-26(36)40-27)38-29(45)25-18-51-30(39-25)20-15-37-44(16-20)34(19(2)3,31(46)47)42(7)32(48)50-33(4,5)6/h13-19,21-22H,8-12H2,1-7H3,(H,38,45)(H,46,47)/t21?,22?,34-/m1/s1. The fourth-order valence-corrected chi connectivity index (χ4v) is 7.00. The summed E-state index contributed by atoms with van der Waals surface area (Å²) in [4.78, 5) is 48.7. The van der Waals surface area contributed by atoms with Gasteiger partial charge in [-0.3, -0.25) is 14.4 Å². The number of carboxylic acids is 1. The molecule has 4 aromatic heterocycles. The Balaban J connectivity index is 1.42. The van der Waals surface area contributed by atoms with Crippen molar-refractivity contribution in [3.8, 4) is 22.0 Å². The van der Waals surface area contributed by atoms with Gasteiger partial charge in [-0.05, 0) is 65.5 Å². The molecule has 1 aliphatic carbocycles. The topological polar surface area (TPSA) is 167 Å². The van der Waals surface area contributed by atoms with Gasteiger partial charge in [-0.15, -0.1) is 11.3 Å². The van der Waals surface area contributed by atoms with Crippen molar-refractivity contribution in [3.05, 3.63) is 53.6 Å². The minimum absolute atomic E-state index is 0.00516. The van der Waals surface area contributed by atoms with E-state index in [1.165, 1.54) is 29.5 Å². The molecule has 5 rings (SSSR count). The summed E-state index contributed by atoms with van der Waals surface area (Å²) in [5, 5.41) is 23.9. The summed E-state index contributed by atoms with van der Waals surface area (Å²) < 4.78 is 43.1. The van der Waals surface area contributed by atoms with Gasteiger partial charge in [0.1, 0.15) is 27.7 Å². The van der Waals surface area contributed by atoms with Crippen molar-refractivity contribution in [1.29, 1.82) is 0 Å². The second kappa shape index (κ2) is 14.8. The van der Waals surface area contributed by atoms with Crippen LogP contribution in [0.15, 0.2) is 36.1 Å². The number of aliphatic carboxylic acids is 1. The van der Waals surface area contributed by atoms with Crippen LogP contribution in [0.25, 0.3) is 22.0 Å². The van der Waals surface area contributed by atoms with Crippen molar-refractivity contribution in [2.75, 3.05) is 19.0 Å². The number of thiazole rings is 1. The molecular formula is C34H42F2N8O6S. The molecule has 2 amide bonds. The fraction of sp³-hybridized carbons (Fsp3) is 0.500. The van der Waals surface area contributed by atoms with E-state index in [9.17, 15) is 28.3 Å². The molecule has 0 unspecified atom stereocenters. The van der Waals surface area contributed by atoms with Gasteiger partial charge in [-0.25, -0.2) is 28.6 Å². The molecular weight excluding hydrogens is 686 g/mol. The predicted molar refractivity (Wildman–Crippen MR) is 184 cm³/mol. The highest BCUT2D eigenvalue weighted by Gasteiger charge is 2.52. The zero-order valence-electron chi connectivity index (χ0n) is 29.5. The van der Waals surface area contributed by atoms with Crippen molar-refractivity contribution in [1.82, 2.24) is 34.4 Å². The lowest BCUT2D eigenvalue weighted by atomic mass is 9.93. The van der Waals surface area contributed by atoms with Crippen molar-refractivity contribution in [2.24, 2.45) is 5.92 Å². The maximum atomic E-state index is 14.9. The van der Waals surface area contributed by atoms with E-state index in [2.05, 4.69) is 25.5 Å². The van der Waals surface area contributed by atoms with E-state index in [0.717, 1.165) is 54.1 Å². The summed E-state index contributed by atoms with van der Waals surface area (Å²) in [5.74, 6) is -4.34. The van der Waals surface area contributed by atoms with Crippen molar-refractivity contribution >= 4 is 35.0 Å². The third-order valence-electron chi connectivity index (χ3n) is 8.65. The number of ether oxygens (including phenoxy) is 2. The molecule has 1 atom stereocenters. The Labute approximate surface area is 297 Å². The second-order valence-corrected chi connectivity index (χ2v) is 14.5. The number of carbonyl (C=O) groups excluding carboxylic acids is 2. The maximum absolute atomic E-state index is 14.9. The number of nitrogens with zero attached hydrogens (tertiary/aromatic N) is 7. The first-order chi connectivity index (χ1) is 24.0. The molecule has 0 spiro atoms. The lowest BCUT2D eigenvalue weighted by Gasteiger charge is -2.41. The van der Waals surface area contributed by atoms with Gasteiger partial charge in [-0.2, -0.15) is 14.6 Å². The first-order valence-electron chi connectivity index (χ1n) is 16.6. The van der Waals surface area contributed by atoms with Gasteiger partial charge in [0.25, 0.3) is 5.91 Å². The van der Waals surface area contributed by atoms with E-state index in [1.807, 2.05) is 6.92 Å². The molecule has 1 aliphatic rings. The number of amides is 2. The van der Waals surface area contributed by atoms with Crippen LogP contribution in [0.1, 0.15) is 83.8 Å². The smallest absolute Gasteiger partial charge is 0.412 e. The third-order valence-corrected chi connectivity index (χ3v) is 9.54. The van der Waals surface area contributed by atoms with Crippen molar-refractivity contribution in [2.45, 2.75) is 90.6 Å². The lowest BCUT2D eigenvalue weighted by molar-refractivity contribution is -0.164. The highest BCUT2D eigenvalue weighted by molar-refractivity contribution is 7.13. The van der Waals surface area contributed by atoms with Crippen LogP contribution in [0.3, 0.4) is 0 Å². The van der Waals surface area contributed by atoms with Crippen LogP contribution < -0.4 is 5.32 Å². The molecule has 2 N–H and O–H groups in total. The van der Waals surface area contributed by atoms with Gasteiger partial charge >= 0.3 is 12.1 Å². The van der Waals surface area contributed by atoms with E-state index in [1.54, 1.807) is 45.5 Å². The van der Waals surface area contributed by atoms with Gasteiger partial charge in [0.05, 0.1) is 24.0 Å². The number of hydrogen-bond acceptors (Lipinski definition) is 10. The average Bonchev–Trinajstić information content (AvgIpc) is 3.83. The number of aromatic nitrogens is 6. The Kier molecular flexibility index (Phi) is 10.9. The number of likely N-dealkylation sites (N-methyl/N-ethyl adjacent to an activating group) is 1. The molecule has 17 heteroatoms. The number of hydrogen-bond donors (Lipinski definition) is 2. The number of anilines is 1. The number of halogens is 2. The van der Waals surface area contributed by atoms with Crippen molar-refractivity contribution in [3.63, 3.8) is 0 Å². The van der Waals surface area contributed by atoms with Crippen LogP contribution in [-0.2, 0) is 19.9 Å². The molecule has 14 nitrogen and oxygen atoms in total. The normalized spacial score (nSPS) is 17.6. The zero-order chi connectivity index (χ0) is 37.2. The first kappa shape index (κ1) is 37.5. The monoisotopic (exact) mass is 728 g/mol. The number of nitrogens with one attached hydrogen (secondary N) is 1. The van der Waals surface area contributed by atoms with E-state index in [4.69, 9.17) is 9.47 Å². The Morgan fingerprint density at radius 1 is 1.10 bits per heavy atom. The minimum Gasteiger partial charge on any atom is -0.478 e. The average molecular weight is 729 g/mol. The van der Waals surface area contributed by atoms with Gasteiger partial charge in [0.2, 0.25) is 11.6 Å². The highest BCUT2D eigenvalue weighted by atomic mass is 32.1. The van der Waals surface area contributed by atoms with Crippen LogP contribution in [0, 0.1) is 17.7 Å². The molecule has 0 radical (unpaired) electrons. The van der Waals surface area contributed by atoms with Crippen molar-refractivity contribution < 1.29 is 37.7 Å². The quantitative estimate of drug-likeness (QED) is 0.161. The summed E-state index contributed by atoms with van der Waals surface area (Å²) in [5.41, 5.74) is -2.68. The van der Waals surface area contributed by atoms with Gasteiger partial charge in [0.15, 0.2) is 5.82 Å². The molecule has 0 aliphatic heterocycles. The molecule has 51 heavy (non-hydrogen) atoms. The van der Waals surface area contributed by atoms with E-state index < -0.39 is 46.9 Å². The van der Waals surface area contributed by atoms with Gasteiger partial charge < -0.3 is 19.9 Å². The van der Waals surface area contributed by atoms with E-state index >= 15 is 0 Å². The molecule has 1 fully saturated rings. The fourth-order valence-electron chi connectivity index (χ4n) is 6.22. The molecule has 274 valence electrons. The van der Waals surface area contributed by atoms with Crippen LogP contribution in [-0.4, -0.2) is 82.9 Å². The van der Waals surface area contributed by atoms with E-state index in [-0.39, 0.29) is 34.9 Å². The Hall–Kier alpha value is -4.77. The van der Waals surface area contributed by atoms with Crippen LogP contribution in [0.5, 0.6) is 0 Å². The molecule has 0 saturated heterocycles. The molecule has 0 aromatic carbocycles. The summed E-state index contributed by atoms with van der Waals surface area (Å²) in [6, 6.07) is 1.80. The summed E-state index contributed by atoms with van der Waals surface area (Å²) in [7, 11) is 1.34. The number of carboxylic acid groups (broad SMARTS) is 1. The summed E-state index contributed by atoms with van der Waals surface area (Å²) >= 11 is 1.11. The molecule has 4 heterocycles. The van der Waals surface area contributed by atoms with Crippen LogP contribution in [0.4, 0.5) is 19.3 Å². The molecule has 1 saturated carbocycles. The highest BCUT2D eigenvalue weighted by Crippen LogP contribution is 2.36. The SMILES string of the molecule is CCOC1CCC(n2cc(NC(=O)c3csc(-c4cnn([C@@](C(=O)O)(C(C)C)N(C)C(=O)OC(C)(C)C)c4)n3)c(-c3nc(F)ccc3F)n2)CC1. The maximum Gasteiger partial charge on any atom is 0.412 e. The summed E-state index contributed by atoms with van der Waals surface area (Å²) in [6.45, 7) is 10.9. The lowest BCUT2D eigenvalue weighted by Crippen LogP contribution is -2.61. The Bertz CT molecular complexity index is 1890. The number of pyridine rings is 1. The predicted octanol–water partition coefficient (Wildman–Crippen LogP) is 6.58. The van der Waals surface area contributed by atoms with Gasteiger partial charge in [0, 0.05) is 42.9 Å². The first-order valence-corrected chi connectivity index (χ1v) is 17.5.